The molecule has 4 aromatic rings. The maximum atomic E-state index is 2.33. The van der Waals surface area contributed by atoms with Gasteiger partial charge in [0.25, 0.3) is 0 Å². The molecule has 0 heterocycles. The number of nitrogens with zero attached hydrogens (tertiary/aromatic N) is 1. The third-order valence-corrected chi connectivity index (χ3v) is 4.46. The molecule has 4 aromatic carbocycles. The molecule has 0 fully saturated rings. The highest BCUT2D eigenvalue weighted by molar-refractivity contribution is 6.09. The van der Waals surface area contributed by atoms with Crippen LogP contribution >= 0.6 is 0 Å². The summed E-state index contributed by atoms with van der Waals surface area (Å²) >= 11 is 0. The molecule has 0 unspecified atom stereocenters. The molecule has 0 N–H and O–H groups in total. The molecule has 0 aliphatic carbocycles. The number of fused-ring (bicyclic) bond motifs is 3. The van der Waals surface area contributed by atoms with Crippen LogP contribution in [0.15, 0.2) is 84.9 Å². The monoisotopic (exact) mass is 297 g/mol. The molecule has 0 bridgehead atoms. The smallest absolute Gasteiger partial charge is 0.0432 e. The quantitative estimate of drug-likeness (QED) is 0.443. The lowest BCUT2D eigenvalue weighted by Gasteiger charge is -2.21. The van der Waals surface area contributed by atoms with E-state index in [0.717, 1.165) is 6.54 Å². The lowest BCUT2D eigenvalue weighted by atomic mass is 9.97. The second-order valence-electron chi connectivity index (χ2n) is 5.99. The largest absolute Gasteiger partial charge is 0.370 e. The average molecular weight is 297 g/mol. The summed E-state index contributed by atoms with van der Waals surface area (Å²) in [5.74, 6) is 0. The second-order valence-corrected chi connectivity index (χ2v) is 5.99. The summed E-state index contributed by atoms with van der Waals surface area (Å²) in [5, 5.41) is 5.31. The van der Waals surface area contributed by atoms with Crippen molar-refractivity contribution in [2.75, 3.05) is 11.9 Å². The predicted octanol–water partition coefficient (Wildman–Crippen LogP) is 5.63. The first kappa shape index (κ1) is 13.8. The summed E-state index contributed by atoms with van der Waals surface area (Å²) in [6.45, 7) is 0.898. The van der Waals surface area contributed by atoms with Gasteiger partial charge >= 0.3 is 0 Å². The third kappa shape index (κ3) is 2.55. The van der Waals surface area contributed by atoms with Crippen molar-refractivity contribution < 1.29 is 0 Å². The normalized spacial score (nSPS) is 11.0. The van der Waals surface area contributed by atoms with E-state index in [1.807, 2.05) is 0 Å². The Kier molecular flexibility index (Phi) is 3.47. The molecule has 0 aliphatic heterocycles. The van der Waals surface area contributed by atoms with Crippen molar-refractivity contribution in [3.8, 4) is 0 Å². The summed E-state index contributed by atoms with van der Waals surface area (Å²) < 4.78 is 0. The molecule has 0 saturated heterocycles. The van der Waals surface area contributed by atoms with E-state index in [1.54, 1.807) is 0 Å². The molecule has 0 atom stereocenters. The van der Waals surface area contributed by atoms with E-state index >= 15 is 0 Å². The minimum absolute atomic E-state index is 0.898. The lowest BCUT2D eigenvalue weighted by molar-refractivity contribution is 0.932. The highest BCUT2D eigenvalue weighted by Crippen LogP contribution is 2.30. The third-order valence-electron chi connectivity index (χ3n) is 4.46. The van der Waals surface area contributed by atoms with Gasteiger partial charge in [-0.1, -0.05) is 66.7 Å². The van der Waals surface area contributed by atoms with Crippen molar-refractivity contribution in [1.82, 2.24) is 0 Å². The number of rotatable bonds is 3. The van der Waals surface area contributed by atoms with Crippen molar-refractivity contribution in [3.63, 3.8) is 0 Å². The summed E-state index contributed by atoms with van der Waals surface area (Å²) in [6, 6.07) is 30.2. The zero-order valence-corrected chi connectivity index (χ0v) is 13.2. The van der Waals surface area contributed by atoms with E-state index in [-0.39, 0.29) is 0 Å². The number of hydrogen-bond donors (Lipinski definition) is 0. The number of hydrogen-bond acceptors (Lipinski definition) is 1. The van der Waals surface area contributed by atoms with Gasteiger partial charge in [0.05, 0.1) is 0 Å². The van der Waals surface area contributed by atoms with Gasteiger partial charge in [-0.05, 0) is 45.3 Å². The summed E-state index contributed by atoms with van der Waals surface area (Å²) in [7, 11) is 2.15. The molecule has 0 radical (unpaired) electrons. The Hall–Kier alpha value is -2.80. The van der Waals surface area contributed by atoms with E-state index < -0.39 is 0 Å². The molecule has 0 saturated carbocycles. The lowest BCUT2D eigenvalue weighted by Crippen LogP contribution is -2.16. The Labute approximate surface area is 136 Å². The molecule has 0 amide bonds. The Morgan fingerprint density at radius 3 is 2.04 bits per heavy atom. The van der Waals surface area contributed by atoms with Crippen LogP contribution in [0.1, 0.15) is 5.56 Å². The van der Waals surface area contributed by atoms with Crippen molar-refractivity contribution >= 4 is 27.2 Å². The zero-order valence-electron chi connectivity index (χ0n) is 13.2. The molecule has 23 heavy (non-hydrogen) atoms. The van der Waals surface area contributed by atoms with Gasteiger partial charge in [-0.15, -0.1) is 0 Å². The maximum absolute atomic E-state index is 2.33. The molecule has 112 valence electrons. The minimum Gasteiger partial charge on any atom is -0.370 e. The van der Waals surface area contributed by atoms with Crippen LogP contribution in [-0.2, 0) is 6.54 Å². The van der Waals surface area contributed by atoms with Gasteiger partial charge in [0.2, 0.25) is 0 Å². The van der Waals surface area contributed by atoms with Crippen molar-refractivity contribution in [1.29, 1.82) is 0 Å². The van der Waals surface area contributed by atoms with E-state index in [1.165, 1.54) is 32.8 Å². The summed E-state index contributed by atoms with van der Waals surface area (Å²) in [5.41, 5.74) is 2.61. The molecule has 0 aromatic heterocycles. The standard InChI is InChI=1S/C22H19N/c1-23(19-10-3-2-4-11-19)16-18-15-17-9-5-6-12-20(17)22-14-8-7-13-21(18)22/h2-15H,16H2,1H3. The van der Waals surface area contributed by atoms with E-state index in [0.29, 0.717) is 0 Å². The summed E-state index contributed by atoms with van der Waals surface area (Å²) in [4.78, 5) is 2.30. The fourth-order valence-corrected chi connectivity index (χ4v) is 3.29. The van der Waals surface area contributed by atoms with Gasteiger partial charge in [-0.3, -0.25) is 0 Å². The minimum atomic E-state index is 0.898. The van der Waals surface area contributed by atoms with E-state index in [2.05, 4.69) is 96.9 Å². The van der Waals surface area contributed by atoms with Crippen LogP contribution in [0.2, 0.25) is 0 Å². The molecule has 1 heteroatoms. The van der Waals surface area contributed by atoms with Crippen molar-refractivity contribution in [2.24, 2.45) is 0 Å². The van der Waals surface area contributed by atoms with Crippen LogP contribution in [0, 0.1) is 0 Å². The van der Waals surface area contributed by atoms with E-state index in [9.17, 15) is 0 Å². The fourth-order valence-electron chi connectivity index (χ4n) is 3.29. The Balaban J connectivity index is 1.85. The Bertz CT molecular complexity index is 957. The first-order valence-corrected chi connectivity index (χ1v) is 7.98. The van der Waals surface area contributed by atoms with Crippen molar-refractivity contribution in [3.05, 3.63) is 90.5 Å². The first-order chi connectivity index (χ1) is 11.3. The van der Waals surface area contributed by atoms with Gasteiger partial charge in [0.1, 0.15) is 0 Å². The first-order valence-electron chi connectivity index (χ1n) is 7.98. The van der Waals surface area contributed by atoms with Crippen LogP contribution < -0.4 is 4.90 Å². The zero-order chi connectivity index (χ0) is 15.6. The van der Waals surface area contributed by atoms with Crippen LogP contribution in [0.5, 0.6) is 0 Å². The second kappa shape index (κ2) is 5.77. The molecular formula is C22H19N. The van der Waals surface area contributed by atoms with Crippen molar-refractivity contribution in [2.45, 2.75) is 6.54 Å². The van der Waals surface area contributed by atoms with E-state index in [4.69, 9.17) is 0 Å². The highest BCUT2D eigenvalue weighted by atomic mass is 15.1. The van der Waals surface area contributed by atoms with Crippen LogP contribution in [-0.4, -0.2) is 7.05 Å². The Morgan fingerprint density at radius 2 is 1.26 bits per heavy atom. The fraction of sp³-hybridized carbons (Fsp3) is 0.0909. The maximum Gasteiger partial charge on any atom is 0.0432 e. The van der Waals surface area contributed by atoms with Gasteiger partial charge < -0.3 is 4.90 Å². The highest BCUT2D eigenvalue weighted by Gasteiger charge is 2.08. The van der Waals surface area contributed by atoms with Gasteiger partial charge in [0.15, 0.2) is 0 Å². The number of anilines is 1. The number of benzene rings is 4. The molecular weight excluding hydrogens is 278 g/mol. The van der Waals surface area contributed by atoms with Crippen LogP contribution in [0.3, 0.4) is 0 Å². The predicted molar refractivity (Wildman–Crippen MR) is 100 cm³/mol. The topological polar surface area (TPSA) is 3.24 Å². The molecule has 1 nitrogen and oxygen atoms in total. The van der Waals surface area contributed by atoms with Gasteiger partial charge in [-0.2, -0.15) is 0 Å². The van der Waals surface area contributed by atoms with Crippen LogP contribution in [0.4, 0.5) is 5.69 Å². The van der Waals surface area contributed by atoms with Gasteiger partial charge in [-0.25, -0.2) is 0 Å². The summed E-state index contributed by atoms with van der Waals surface area (Å²) in [6.07, 6.45) is 0. The number of para-hydroxylation sites is 1. The Morgan fingerprint density at radius 1 is 0.652 bits per heavy atom. The van der Waals surface area contributed by atoms with Crippen LogP contribution in [0.25, 0.3) is 21.5 Å². The molecule has 0 spiro atoms. The van der Waals surface area contributed by atoms with Gasteiger partial charge in [0, 0.05) is 19.3 Å². The molecule has 4 rings (SSSR count). The average Bonchev–Trinajstić information content (AvgIpc) is 2.62. The molecule has 0 aliphatic rings. The SMILES string of the molecule is CN(Cc1cc2ccccc2c2ccccc12)c1ccccc1.